The van der Waals surface area contributed by atoms with E-state index >= 15 is 0 Å². The zero-order chi connectivity index (χ0) is 14.0. The third kappa shape index (κ3) is 3.51. The first-order valence-corrected chi connectivity index (χ1v) is 8.04. The van der Waals surface area contributed by atoms with Crippen LogP contribution in [0.2, 0.25) is 0 Å². The van der Waals surface area contributed by atoms with Gasteiger partial charge in [0.2, 0.25) is 0 Å². The molecule has 106 valence electrons. The summed E-state index contributed by atoms with van der Waals surface area (Å²) in [6, 6.07) is 9.83. The molecule has 2 rings (SSSR count). The Bertz CT molecular complexity index is 417. The average molecular weight is 325 g/mol. The van der Waals surface area contributed by atoms with Crippen molar-refractivity contribution in [2.45, 2.75) is 39.8 Å². The van der Waals surface area contributed by atoms with Crippen LogP contribution in [0.25, 0.3) is 0 Å². The Kier molecular flexibility index (Phi) is 4.91. The largest absolute Gasteiger partial charge is 0.365 e. The zero-order valence-corrected chi connectivity index (χ0v) is 13.9. The fourth-order valence-corrected chi connectivity index (χ4v) is 3.18. The summed E-state index contributed by atoms with van der Waals surface area (Å²) in [5.41, 5.74) is 1.33. The van der Waals surface area contributed by atoms with Crippen molar-refractivity contribution < 1.29 is 0 Å². The standard InChI is InChI=1S/C16H25BrN2/c1-11(2)15-10-19(16(9-18-15)12(3)4)14-7-5-6-13(17)8-14/h5-8,11-12,15-16,18H,9-10H2,1-4H3. The van der Waals surface area contributed by atoms with Gasteiger partial charge in [0.25, 0.3) is 0 Å². The second kappa shape index (κ2) is 6.27. The third-order valence-electron chi connectivity index (χ3n) is 4.10. The lowest BCUT2D eigenvalue weighted by molar-refractivity contribution is 0.295. The first-order chi connectivity index (χ1) is 8.99. The first-order valence-electron chi connectivity index (χ1n) is 7.24. The molecular weight excluding hydrogens is 300 g/mol. The van der Waals surface area contributed by atoms with E-state index in [4.69, 9.17) is 0 Å². The normalized spacial score (nSPS) is 24.3. The highest BCUT2D eigenvalue weighted by Crippen LogP contribution is 2.27. The molecule has 0 aliphatic carbocycles. The molecule has 0 radical (unpaired) electrons. The summed E-state index contributed by atoms with van der Waals surface area (Å²) in [6.45, 7) is 11.4. The summed E-state index contributed by atoms with van der Waals surface area (Å²) >= 11 is 3.59. The molecule has 0 saturated carbocycles. The molecular formula is C16H25BrN2. The molecule has 1 aromatic carbocycles. The molecule has 0 spiro atoms. The lowest BCUT2D eigenvalue weighted by Gasteiger charge is -2.45. The average Bonchev–Trinajstić information content (AvgIpc) is 2.37. The molecule has 2 atom stereocenters. The molecule has 0 bridgehead atoms. The van der Waals surface area contributed by atoms with E-state index in [0.717, 1.165) is 17.6 Å². The predicted octanol–water partition coefficient (Wildman–Crippen LogP) is 3.91. The molecule has 1 aliphatic rings. The van der Waals surface area contributed by atoms with Crippen molar-refractivity contribution in [3.05, 3.63) is 28.7 Å². The van der Waals surface area contributed by atoms with Crippen LogP contribution < -0.4 is 10.2 Å². The van der Waals surface area contributed by atoms with Crippen LogP contribution in [0, 0.1) is 11.8 Å². The lowest BCUT2D eigenvalue weighted by Crippen LogP contribution is -2.60. The van der Waals surface area contributed by atoms with Gasteiger partial charge in [-0.25, -0.2) is 0 Å². The van der Waals surface area contributed by atoms with Crippen LogP contribution >= 0.6 is 15.9 Å². The summed E-state index contributed by atoms with van der Waals surface area (Å²) in [5.74, 6) is 1.32. The summed E-state index contributed by atoms with van der Waals surface area (Å²) in [4.78, 5) is 2.58. The number of piperazine rings is 1. The minimum atomic E-state index is 0.573. The molecule has 1 aromatic rings. The van der Waals surface area contributed by atoms with Gasteiger partial charge in [-0.1, -0.05) is 49.7 Å². The molecule has 1 fully saturated rings. The van der Waals surface area contributed by atoms with Crippen LogP contribution in [-0.4, -0.2) is 25.2 Å². The highest BCUT2D eigenvalue weighted by atomic mass is 79.9. The van der Waals surface area contributed by atoms with Gasteiger partial charge in [0, 0.05) is 35.3 Å². The van der Waals surface area contributed by atoms with Crippen LogP contribution in [-0.2, 0) is 0 Å². The Hall–Kier alpha value is -0.540. The van der Waals surface area contributed by atoms with Crippen molar-refractivity contribution in [1.29, 1.82) is 0 Å². The smallest absolute Gasteiger partial charge is 0.0438 e. The highest BCUT2D eigenvalue weighted by molar-refractivity contribution is 9.10. The molecule has 3 heteroatoms. The lowest BCUT2D eigenvalue weighted by atomic mass is 9.93. The van der Waals surface area contributed by atoms with Gasteiger partial charge in [-0.2, -0.15) is 0 Å². The van der Waals surface area contributed by atoms with Crippen LogP contribution in [0.3, 0.4) is 0 Å². The number of anilines is 1. The molecule has 1 N–H and O–H groups in total. The maximum Gasteiger partial charge on any atom is 0.0438 e. The van der Waals surface area contributed by atoms with Crippen molar-refractivity contribution in [1.82, 2.24) is 5.32 Å². The maximum absolute atomic E-state index is 3.71. The summed E-state index contributed by atoms with van der Waals surface area (Å²) in [7, 11) is 0. The van der Waals surface area contributed by atoms with E-state index in [0.29, 0.717) is 23.9 Å². The van der Waals surface area contributed by atoms with Gasteiger partial charge in [-0.05, 0) is 30.0 Å². The molecule has 19 heavy (non-hydrogen) atoms. The van der Waals surface area contributed by atoms with Crippen molar-refractivity contribution in [3.8, 4) is 0 Å². The predicted molar refractivity (Wildman–Crippen MR) is 86.7 cm³/mol. The van der Waals surface area contributed by atoms with Gasteiger partial charge < -0.3 is 10.2 Å². The van der Waals surface area contributed by atoms with Gasteiger partial charge in [-0.3, -0.25) is 0 Å². The second-order valence-electron chi connectivity index (χ2n) is 6.20. The van der Waals surface area contributed by atoms with Crippen molar-refractivity contribution in [2.75, 3.05) is 18.0 Å². The van der Waals surface area contributed by atoms with Crippen LogP contribution in [0.5, 0.6) is 0 Å². The van der Waals surface area contributed by atoms with Gasteiger partial charge in [0.15, 0.2) is 0 Å². The Balaban J connectivity index is 2.25. The summed E-state index contributed by atoms with van der Waals surface area (Å²) in [6.07, 6.45) is 0. The van der Waals surface area contributed by atoms with Gasteiger partial charge in [0.05, 0.1) is 0 Å². The minimum absolute atomic E-state index is 0.573. The molecule has 1 aliphatic heterocycles. The number of rotatable bonds is 3. The quantitative estimate of drug-likeness (QED) is 0.906. The minimum Gasteiger partial charge on any atom is -0.365 e. The van der Waals surface area contributed by atoms with Crippen molar-refractivity contribution in [2.24, 2.45) is 11.8 Å². The summed E-state index contributed by atoms with van der Waals surface area (Å²) < 4.78 is 1.16. The van der Waals surface area contributed by atoms with Crippen LogP contribution in [0.1, 0.15) is 27.7 Å². The topological polar surface area (TPSA) is 15.3 Å². The number of hydrogen-bond donors (Lipinski definition) is 1. The van der Waals surface area contributed by atoms with E-state index < -0.39 is 0 Å². The second-order valence-corrected chi connectivity index (χ2v) is 7.12. The third-order valence-corrected chi connectivity index (χ3v) is 4.59. The van der Waals surface area contributed by atoms with E-state index in [1.165, 1.54) is 5.69 Å². The molecule has 2 unspecified atom stereocenters. The monoisotopic (exact) mass is 324 g/mol. The number of halogens is 1. The fraction of sp³-hybridized carbons (Fsp3) is 0.625. The number of benzene rings is 1. The number of nitrogens with zero attached hydrogens (tertiary/aromatic N) is 1. The number of nitrogens with one attached hydrogen (secondary N) is 1. The molecule has 1 heterocycles. The van der Waals surface area contributed by atoms with E-state index in [2.05, 4.69) is 78.1 Å². The Morgan fingerprint density at radius 2 is 1.95 bits per heavy atom. The maximum atomic E-state index is 3.71. The van der Waals surface area contributed by atoms with E-state index in [-0.39, 0.29) is 0 Å². The van der Waals surface area contributed by atoms with E-state index in [9.17, 15) is 0 Å². The summed E-state index contributed by atoms with van der Waals surface area (Å²) in [5, 5.41) is 3.71. The molecule has 0 amide bonds. The fourth-order valence-electron chi connectivity index (χ4n) is 2.79. The molecule has 2 nitrogen and oxygen atoms in total. The Labute approximate surface area is 125 Å². The highest BCUT2D eigenvalue weighted by Gasteiger charge is 2.31. The van der Waals surface area contributed by atoms with Crippen molar-refractivity contribution >= 4 is 21.6 Å². The SMILES string of the molecule is CC(C)C1CN(c2cccc(Br)c2)C(C(C)C)CN1. The zero-order valence-electron chi connectivity index (χ0n) is 12.4. The van der Waals surface area contributed by atoms with E-state index in [1.54, 1.807) is 0 Å². The van der Waals surface area contributed by atoms with Crippen molar-refractivity contribution in [3.63, 3.8) is 0 Å². The Morgan fingerprint density at radius 1 is 1.21 bits per heavy atom. The first kappa shape index (κ1) is 14.9. The molecule has 1 saturated heterocycles. The van der Waals surface area contributed by atoms with Crippen LogP contribution in [0.4, 0.5) is 5.69 Å². The van der Waals surface area contributed by atoms with E-state index in [1.807, 2.05) is 0 Å². The van der Waals surface area contributed by atoms with Gasteiger partial charge in [0.1, 0.15) is 0 Å². The van der Waals surface area contributed by atoms with Crippen LogP contribution in [0.15, 0.2) is 28.7 Å². The van der Waals surface area contributed by atoms with Gasteiger partial charge >= 0.3 is 0 Å². The van der Waals surface area contributed by atoms with Gasteiger partial charge in [-0.15, -0.1) is 0 Å². The number of hydrogen-bond acceptors (Lipinski definition) is 2. The Morgan fingerprint density at radius 3 is 2.53 bits per heavy atom. The molecule has 0 aromatic heterocycles.